The van der Waals surface area contributed by atoms with Gasteiger partial charge in [-0.1, -0.05) is 12.7 Å². The van der Waals surface area contributed by atoms with Gasteiger partial charge in [-0.25, -0.2) is 14.2 Å². The molecule has 0 unspecified atom stereocenters. The Hall–Kier alpha value is -1.68. The summed E-state index contributed by atoms with van der Waals surface area (Å²) in [6, 6.07) is 0. The second-order valence-electron chi connectivity index (χ2n) is 2.37. The quantitative estimate of drug-likeness (QED) is 0.310. The minimum absolute atomic E-state index is 0.457. The van der Waals surface area contributed by atoms with Crippen molar-refractivity contribution >= 4 is 6.08 Å². The zero-order valence-corrected chi connectivity index (χ0v) is 7.51. The Bertz CT molecular complexity index is 335. The molecule has 6 heteroatoms. The van der Waals surface area contributed by atoms with Crippen LogP contribution < -0.4 is 0 Å². The van der Waals surface area contributed by atoms with Gasteiger partial charge in [0.1, 0.15) is 5.83 Å². The molecule has 0 spiro atoms. The van der Waals surface area contributed by atoms with Gasteiger partial charge in [-0.05, 0) is 12.2 Å². The van der Waals surface area contributed by atoms with E-state index in [0.717, 1.165) is 6.08 Å². The van der Waals surface area contributed by atoms with Crippen LogP contribution in [-0.2, 0) is 4.79 Å². The zero-order valence-electron chi connectivity index (χ0n) is 7.51. The summed E-state index contributed by atoms with van der Waals surface area (Å²) in [4.78, 5) is 12.5. The first-order valence-electron chi connectivity index (χ1n) is 3.71. The fourth-order valence-corrected chi connectivity index (χ4v) is 0.640. The average Bonchev–Trinajstić information content (AvgIpc) is 2.08. The predicted octanol–water partition coefficient (Wildman–Crippen LogP) is 2.85. The summed E-state index contributed by atoms with van der Waals surface area (Å²) in [5.41, 5.74) is -1.10. The van der Waals surface area contributed by atoms with E-state index in [4.69, 9.17) is 0 Å². The van der Waals surface area contributed by atoms with Gasteiger partial charge in [0.2, 0.25) is 6.08 Å². The average molecular weight is 221 g/mol. The molecule has 0 amide bonds. The summed E-state index contributed by atoms with van der Waals surface area (Å²) in [6.07, 6.45) is -1.80. The van der Waals surface area contributed by atoms with Crippen molar-refractivity contribution in [3.8, 4) is 0 Å². The molecule has 0 aliphatic rings. The van der Waals surface area contributed by atoms with Crippen LogP contribution in [0.1, 0.15) is 0 Å². The minimum Gasteiger partial charge on any atom is -0.211 e. The van der Waals surface area contributed by atoms with E-state index in [1.54, 1.807) is 0 Å². The van der Waals surface area contributed by atoms with E-state index in [2.05, 4.69) is 11.6 Å². The highest BCUT2D eigenvalue weighted by Crippen LogP contribution is 2.26. The van der Waals surface area contributed by atoms with Crippen molar-refractivity contribution in [3.63, 3.8) is 0 Å². The molecule has 0 fully saturated rings. The molecule has 0 aromatic rings. The molecular weight excluding hydrogens is 214 g/mol. The molecule has 0 saturated heterocycles. The van der Waals surface area contributed by atoms with E-state index in [9.17, 15) is 22.4 Å². The van der Waals surface area contributed by atoms with Gasteiger partial charge in [-0.15, -0.1) is 0 Å². The second-order valence-corrected chi connectivity index (χ2v) is 2.37. The number of hydrogen-bond donors (Lipinski definition) is 0. The maximum Gasteiger partial charge on any atom is 0.416 e. The summed E-state index contributed by atoms with van der Waals surface area (Å²) in [5.74, 6) is -0.996. The Morgan fingerprint density at radius 1 is 1.40 bits per heavy atom. The van der Waals surface area contributed by atoms with Crippen LogP contribution >= 0.6 is 0 Å². The molecule has 0 aliphatic carbocycles. The molecule has 0 aromatic heterocycles. The summed E-state index contributed by atoms with van der Waals surface area (Å²) in [5, 5.41) is 0. The fraction of sp³-hybridized carbons (Fsp3) is 0.222. The first kappa shape index (κ1) is 13.3. The highest BCUT2D eigenvalue weighted by atomic mass is 19.4. The van der Waals surface area contributed by atoms with Gasteiger partial charge >= 0.3 is 6.18 Å². The molecule has 0 N–H and O–H groups in total. The van der Waals surface area contributed by atoms with Crippen molar-refractivity contribution in [2.45, 2.75) is 6.18 Å². The van der Waals surface area contributed by atoms with E-state index >= 15 is 0 Å². The van der Waals surface area contributed by atoms with Gasteiger partial charge < -0.3 is 0 Å². The van der Waals surface area contributed by atoms with Gasteiger partial charge in [0.15, 0.2) is 0 Å². The lowest BCUT2D eigenvalue weighted by Crippen LogP contribution is -2.10. The number of hydrogen-bond acceptors (Lipinski definition) is 2. The van der Waals surface area contributed by atoms with E-state index in [1.807, 2.05) is 0 Å². The van der Waals surface area contributed by atoms with E-state index in [-0.39, 0.29) is 0 Å². The van der Waals surface area contributed by atoms with E-state index < -0.39 is 24.1 Å². The smallest absolute Gasteiger partial charge is 0.211 e. The minimum atomic E-state index is -4.62. The van der Waals surface area contributed by atoms with Crippen molar-refractivity contribution in [1.29, 1.82) is 0 Å². The van der Waals surface area contributed by atoms with Crippen molar-refractivity contribution < 1.29 is 22.4 Å². The number of carbonyl (C=O) groups excluding carboxylic acids is 1. The molecule has 0 heterocycles. The molecule has 15 heavy (non-hydrogen) atoms. The lowest BCUT2D eigenvalue weighted by Gasteiger charge is -2.06. The number of alkyl halides is 3. The van der Waals surface area contributed by atoms with Crippen molar-refractivity contribution in [1.82, 2.24) is 0 Å². The summed E-state index contributed by atoms with van der Waals surface area (Å²) in [7, 11) is 0. The van der Waals surface area contributed by atoms with Gasteiger partial charge in [-0.3, -0.25) is 0 Å². The van der Waals surface area contributed by atoms with Gasteiger partial charge in [0, 0.05) is 0 Å². The molecular formula is C9H7F4NO. The summed E-state index contributed by atoms with van der Waals surface area (Å²) in [6.45, 7) is 2.31. The molecule has 82 valence electrons. The van der Waals surface area contributed by atoms with Gasteiger partial charge in [-0.2, -0.15) is 13.2 Å². The van der Waals surface area contributed by atoms with Gasteiger partial charge in [0.05, 0.1) is 12.1 Å². The summed E-state index contributed by atoms with van der Waals surface area (Å²) >= 11 is 0. The maximum absolute atomic E-state index is 12.2. The third-order valence-corrected chi connectivity index (χ3v) is 1.24. The van der Waals surface area contributed by atoms with E-state index in [1.165, 1.54) is 0 Å². The number of nitrogens with zero attached hydrogens (tertiary/aromatic N) is 1. The Morgan fingerprint density at radius 2 is 2.00 bits per heavy atom. The molecule has 0 rings (SSSR count). The van der Waals surface area contributed by atoms with Crippen LogP contribution in [0.5, 0.6) is 0 Å². The first-order valence-corrected chi connectivity index (χ1v) is 3.71. The SMILES string of the molecule is C=C(F)/C=C\C(=C/CN=C=O)C(F)(F)F. The topological polar surface area (TPSA) is 29.4 Å². The number of rotatable bonds is 4. The van der Waals surface area contributed by atoms with Crippen LogP contribution in [-0.4, -0.2) is 18.8 Å². The van der Waals surface area contributed by atoms with Crippen LogP contribution in [0.15, 0.2) is 41.2 Å². The van der Waals surface area contributed by atoms with E-state index in [0.29, 0.717) is 18.2 Å². The molecule has 2 nitrogen and oxygen atoms in total. The van der Waals surface area contributed by atoms with Crippen LogP contribution in [0.4, 0.5) is 17.6 Å². The predicted molar refractivity (Wildman–Crippen MR) is 46.5 cm³/mol. The third kappa shape index (κ3) is 6.40. The standard InChI is InChI=1S/C9H7F4NO/c1-7(10)2-3-8(9(11,12)13)4-5-14-6-15/h2-4H,1,5H2/b3-2-,8-4+. The highest BCUT2D eigenvalue weighted by molar-refractivity contribution is 5.34. The van der Waals surface area contributed by atoms with Crippen molar-refractivity contribution in [3.05, 3.63) is 36.2 Å². The Balaban J connectivity index is 4.81. The Labute approximate surface area is 83.3 Å². The second kappa shape index (κ2) is 5.93. The Morgan fingerprint density at radius 3 is 2.40 bits per heavy atom. The highest BCUT2D eigenvalue weighted by Gasteiger charge is 2.31. The number of halogens is 4. The fourth-order valence-electron chi connectivity index (χ4n) is 0.640. The van der Waals surface area contributed by atoms with Crippen LogP contribution in [0, 0.1) is 0 Å². The maximum atomic E-state index is 12.2. The summed E-state index contributed by atoms with van der Waals surface area (Å²) < 4.78 is 48.6. The molecule has 0 radical (unpaired) electrons. The number of isocyanates is 1. The monoisotopic (exact) mass is 221 g/mol. The lowest BCUT2D eigenvalue weighted by atomic mass is 10.2. The third-order valence-electron chi connectivity index (χ3n) is 1.24. The number of aliphatic imine (C=N–C) groups is 1. The Kier molecular flexibility index (Phi) is 5.26. The molecule has 0 atom stereocenters. The molecule has 0 bridgehead atoms. The largest absolute Gasteiger partial charge is 0.416 e. The lowest BCUT2D eigenvalue weighted by molar-refractivity contribution is -0.0883. The first-order chi connectivity index (χ1) is 6.88. The molecule has 0 saturated carbocycles. The zero-order chi connectivity index (χ0) is 11.9. The van der Waals surface area contributed by atoms with Crippen molar-refractivity contribution in [2.24, 2.45) is 4.99 Å². The molecule has 0 aliphatic heterocycles. The van der Waals surface area contributed by atoms with Crippen LogP contribution in [0.3, 0.4) is 0 Å². The normalized spacial score (nSPS) is 12.7. The molecule has 0 aromatic carbocycles. The van der Waals surface area contributed by atoms with Crippen LogP contribution in [0.25, 0.3) is 0 Å². The van der Waals surface area contributed by atoms with Crippen LogP contribution in [0.2, 0.25) is 0 Å². The number of allylic oxidation sites excluding steroid dienone is 4. The van der Waals surface area contributed by atoms with Gasteiger partial charge in [0.25, 0.3) is 0 Å². The van der Waals surface area contributed by atoms with Crippen molar-refractivity contribution in [2.75, 3.05) is 6.54 Å².